The lowest BCUT2D eigenvalue weighted by atomic mass is 9.91. The van der Waals surface area contributed by atoms with Crippen LogP contribution in [0.3, 0.4) is 0 Å². The van der Waals surface area contributed by atoms with Gasteiger partial charge in [-0.3, -0.25) is 0 Å². The first-order valence-corrected chi connectivity index (χ1v) is 6.85. The van der Waals surface area contributed by atoms with Crippen molar-refractivity contribution in [3.8, 4) is 0 Å². The number of nitrogens with one attached hydrogen (secondary N) is 1. The zero-order valence-corrected chi connectivity index (χ0v) is 12.6. The number of rotatable bonds is 4. The molecule has 2 aromatic carbocycles. The third-order valence-electron chi connectivity index (χ3n) is 3.16. The monoisotopic (exact) mass is 355 g/mol. The normalized spacial score (nSPS) is 13.5. The van der Waals surface area contributed by atoms with E-state index in [1.165, 1.54) is 43.3 Å². The summed E-state index contributed by atoms with van der Waals surface area (Å²) in [5.74, 6) is -2.62. The molecule has 2 N–H and O–H groups in total. The summed E-state index contributed by atoms with van der Waals surface area (Å²) < 4.78 is 28.3. The molecule has 110 valence electrons. The maximum absolute atomic E-state index is 14.1. The number of carbonyl (C=O) groups is 1. The van der Waals surface area contributed by atoms with Crippen molar-refractivity contribution in [3.63, 3.8) is 0 Å². The number of carboxylic acids is 1. The van der Waals surface area contributed by atoms with E-state index in [4.69, 9.17) is 0 Å². The van der Waals surface area contributed by atoms with Crippen molar-refractivity contribution in [1.29, 1.82) is 0 Å². The number of para-hydroxylation sites is 1. The molecular weight excluding hydrogens is 344 g/mol. The average molecular weight is 356 g/mol. The van der Waals surface area contributed by atoms with Crippen molar-refractivity contribution in [1.82, 2.24) is 0 Å². The third-order valence-corrected chi connectivity index (χ3v) is 3.65. The molecule has 0 spiro atoms. The highest BCUT2D eigenvalue weighted by Crippen LogP contribution is 2.31. The SMILES string of the molecule is CC(Nc1ccccc1F)(C(=O)O)c1ccc(Br)cc1F. The van der Waals surface area contributed by atoms with Gasteiger partial charge in [-0.05, 0) is 31.2 Å². The van der Waals surface area contributed by atoms with Crippen LogP contribution < -0.4 is 5.32 Å². The van der Waals surface area contributed by atoms with E-state index in [1.807, 2.05) is 0 Å². The molecule has 0 aromatic heterocycles. The second-order valence-electron chi connectivity index (χ2n) is 4.66. The fraction of sp³-hybridized carbons (Fsp3) is 0.133. The standard InChI is InChI=1S/C15H12BrF2NO2/c1-15(14(20)21,10-7-6-9(16)8-12(10)18)19-13-5-3-2-4-11(13)17/h2-8,19H,1H3,(H,20,21). The fourth-order valence-corrected chi connectivity index (χ4v) is 2.30. The van der Waals surface area contributed by atoms with Gasteiger partial charge in [0.05, 0.1) is 5.69 Å². The van der Waals surface area contributed by atoms with Crippen molar-refractivity contribution < 1.29 is 18.7 Å². The van der Waals surface area contributed by atoms with E-state index in [0.29, 0.717) is 4.47 Å². The highest BCUT2D eigenvalue weighted by atomic mass is 79.9. The lowest BCUT2D eigenvalue weighted by molar-refractivity contribution is -0.142. The number of halogens is 3. The topological polar surface area (TPSA) is 49.3 Å². The Bertz CT molecular complexity index is 693. The minimum atomic E-state index is -1.80. The maximum Gasteiger partial charge on any atom is 0.333 e. The third kappa shape index (κ3) is 3.05. The summed E-state index contributed by atoms with van der Waals surface area (Å²) in [5.41, 5.74) is -1.89. The van der Waals surface area contributed by atoms with Crippen molar-refractivity contribution in [2.45, 2.75) is 12.5 Å². The first kappa shape index (κ1) is 15.4. The molecule has 21 heavy (non-hydrogen) atoms. The number of hydrogen-bond donors (Lipinski definition) is 2. The predicted molar refractivity (Wildman–Crippen MR) is 79.1 cm³/mol. The molecule has 0 amide bonds. The Kier molecular flexibility index (Phi) is 4.27. The molecule has 0 aliphatic rings. The van der Waals surface area contributed by atoms with E-state index in [1.54, 1.807) is 6.07 Å². The van der Waals surface area contributed by atoms with Crippen LogP contribution in [0, 0.1) is 11.6 Å². The highest BCUT2D eigenvalue weighted by molar-refractivity contribution is 9.10. The molecular formula is C15H12BrF2NO2. The first-order chi connectivity index (χ1) is 9.84. The lowest BCUT2D eigenvalue weighted by Gasteiger charge is -2.28. The Balaban J connectivity index is 2.51. The Hall–Kier alpha value is -1.95. The van der Waals surface area contributed by atoms with Crippen LogP contribution in [-0.2, 0) is 10.3 Å². The van der Waals surface area contributed by atoms with Gasteiger partial charge in [-0.25, -0.2) is 13.6 Å². The fourth-order valence-electron chi connectivity index (χ4n) is 1.96. The summed E-state index contributed by atoms with van der Waals surface area (Å²) in [6.45, 7) is 1.29. The van der Waals surface area contributed by atoms with Gasteiger partial charge in [0.15, 0.2) is 5.54 Å². The van der Waals surface area contributed by atoms with E-state index in [2.05, 4.69) is 21.2 Å². The summed E-state index contributed by atoms with van der Waals surface area (Å²) in [5, 5.41) is 12.0. The van der Waals surface area contributed by atoms with Crippen molar-refractivity contribution >= 4 is 27.6 Å². The van der Waals surface area contributed by atoms with E-state index < -0.39 is 23.1 Å². The minimum absolute atomic E-state index is 0.00952. The molecule has 0 radical (unpaired) electrons. The van der Waals surface area contributed by atoms with Crippen LogP contribution in [0.5, 0.6) is 0 Å². The van der Waals surface area contributed by atoms with Gasteiger partial charge in [-0.15, -0.1) is 0 Å². The minimum Gasteiger partial charge on any atom is -0.479 e. The van der Waals surface area contributed by atoms with Crippen LogP contribution in [0.15, 0.2) is 46.9 Å². The number of carboxylic acid groups (broad SMARTS) is 1. The van der Waals surface area contributed by atoms with Crippen LogP contribution in [0.1, 0.15) is 12.5 Å². The largest absolute Gasteiger partial charge is 0.479 e. The van der Waals surface area contributed by atoms with Gasteiger partial charge in [0.25, 0.3) is 0 Å². The summed E-state index contributed by atoms with van der Waals surface area (Å²) >= 11 is 3.11. The van der Waals surface area contributed by atoms with Crippen LogP contribution in [0.25, 0.3) is 0 Å². The molecule has 2 rings (SSSR count). The van der Waals surface area contributed by atoms with Gasteiger partial charge in [0.1, 0.15) is 11.6 Å². The molecule has 0 saturated carbocycles. The van der Waals surface area contributed by atoms with Crippen LogP contribution in [0.2, 0.25) is 0 Å². The number of benzene rings is 2. The molecule has 2 aromatic rings. The van der Waals surface area contributed by atoms with Crippen molar-refractivity contribution in [2.24, 2.45) is 0 Å². The highest BCUT2D eigenvalue weighted by Gasteiger charge is 2.38. The summed E-state index contributed by atoms with van der Waals surface area (Å²) in [4.78, 5) is 11.6. The van der Waals surface area contributed by atoms with Gasteiger partial charge >= 0.3 is 5.97 Å². The van der Waals surface area contributed by atoms with E-state index in [0.717, 1.165) is 0 Å². The molecule has 0 bridgehead atoms. The molecule has 1 unspecified atom stereocenters. The second kappa shape index (κ2) is 5.81. The Labute approximate surface area is 128 Å². The maximum atomic E-state index is 14.1. The van der Waals surface area contributed by atoms with Crippen LogP contribution in [0.4, 0.5) is 14.5 Å². The molecule has 3 nitrogen and oxygen atoms in total. The predicted octanol–water partition coefficient (Wildman–Crippen LogP) is 4.14. The molecule has 0 saturated heterocycles. The lowest BCUT2D eigenvalue weighted by Crippen LogP contribution is -2.41. The van der Waals surface area contributed by atoms with Crippen molar-refractivity contribution in [3.05, 3.63) is 64.1 Å². The van der Waals surface area contributed by atoms with Gasteiger partial charge in [0.2, 0.25) is 0 Å². The molecule has 0 aliphatic heterocycles. The smallest absolute Gasteiger partial charge is 0.333 e. The van der Waals surface area contributed by atoms with E-state index in [9.17, 15) is 18.7 Å². The number of aliphatic carboxylic acids is 1. The van der Waals surface area contributed by atoms with Gasteiger partial charge in [-0.1, -0.05) is 34.1 Å². The molecule has 1 atom stereocenters. The van der Waals surface area contributed by atoms with Crippen LogP contribution >= 0.6 is 15.9 Å². The van der Waals surface area contributed by atoms with Gasteiger partial charge in [0, 0.05) is 10.0 Å². The van der Waals surface area contributed by atoms with Gasteiger partial charge < -0.3 is 10.4 Å². The zero-order valence-electron chi connectivity index (χ0n) is 11.0. The summed E-state index contributed by atoms with van der Waals surface area (Å²) in [7, 11) is 0. The number of hydrogen-bond acceptors (Lipinski definition) is 2. The van der Waals surface area contributed by atoms with Gasteiger partial charge in [-0.2, -0.15) is 0 Å². The first-order valence-electron chi connectivity index (χ1n) is 6.06. The van der Waals surface area contributed by atoms with E-state index in [-0.39, 0.29) is 11.3 Å². The Morgan fingerprint density at radius 2 is 1.86 bits per heavy atom. The number of anilines is 1. The molecule has 0 heterocycles. The average Bonchev–Trinajstić information content (AvgIpc) is 2.41. The zero-order chi connectivity index (χ0) is 15.6. The summed E-state index contributed by atoms with van der Waals surface area (Å²) in [6, 6.07) is 9.68. The molecule has 0 aliphatic carbocycles. The van der Waals surface area contributed by atoms with E-state index >= 15 is 0 Å². The quantitative estimate of drug-likeness (QED) is 0.866. The Morgan fingerprint density at radius 1 is 1.19 bits per heavy atom. The Morgan fingerprint density at radius 3 is 2.43 bits per heavy atom. The molecule has 6 heteroatoms. The summed E-state index contributed by atoms with van der Waals surface area (Å²) in [6.07, 6.45) is 0. The van der Waals surface area contributed by atoms with Crippen molar-refractivity contribution in [2.75, 3.05) is 5.32 Å². The van der Waals surface area contributed by atoms with Crippen LogP contribution in [-0.4, -0.2) is 11.1 Å². The molecule has 0 fully saturated rings. The second-order valence-corrected chi connectivity index (χ2v) is 5.57.